The molecule has 2 aromatic heterocycles. The zero-order valence-electron chi connectivity index (χ0n) is 11.0. The molecule has 4 heteroatoms. The van der Waals surface area contributed by atoms with Crippen molar-refractivity contribution in [3.8, 4) is 11.5 Å². The standard InChI is InChI=1S/C15H16N4/c1-12-5-4-6-14(9-12)19-15(13(10-16)11-17-19)18-7-2-3-8-18/h2-9,11H,10,16H2,1H3/p+1. The molecular formula is C15H17N4+. The van der Waals surface area contributed by atoms with E-state index in [4.69, 9.17) is 0 Å². The number of hydrogen-bond donors (Lipinski definition) is 1. The second-order valence-corrected chi connectivity index (χ2v) is 4.58. The van der Waals surface area contributed by atoms with Crippen LogP contribution < -0.4 is 5.73 Å². The van der Waals surface area contributed by atoms with E-state index in [2.05, 4.69) is 46.6 Å². The van der Waals surface area contributed by atoms with Crippen LogP contribution >= 0.6 is 0 Å². The van der Waals surface area contributed by atoms with Gasteiger partial charge in [0.25, 0.3) is 0 Å². The Kier molecular flexibility index (Phi) is 2.93. The highest BCUT2D eigenvalue weighted by molar-refractivity contribution is 5.44. The highest BCUT2D eigenvalue weighted by atomic mass is 15.3. The van der Waals surface area contributed by atoms with Crippen LogP contribution in [-0.4, -0.2) is 14.3 Å². The first-order valence-electron chi connectivity index (χ1n) is 6.36. The molecule has 0 saturated heterocycles. The minimum absolute atomic E-state index is 0.722. The molecule has 0 aliphatic rings. The van der Waals surface area contributed by atoms with Crippen LogP contribution in [0.2, 0.25) is 0 Å². The summed E-state index contributed by atoms with van der Waals surface area (Å²) in [6.45, 7) is 2.81. The maximum Gasteiger partial charge on any atom is 0.149 e. The normalized spacial score (nSPS) is 10.8. The van der Waals surface area contributed by atoms with Crippen molar-refractivity contribution in [2.24, 2.45) is 0 Å². The van der Waals surface area contributed by atoms with Gasteiger partial charge in [0.1, 0.15) is 12.4 Å². The summed E-state index contributed by atoms with van der Waals surface area (Å²) >= 11 is 0. The van der Waals surface area contributed by atoms with Gasteiger partial charge in [-0.25, -0.2) is 4.68 Å². The molecule has 4 nitrogen and oxygen atoms in total. The van der Waals surface area contributed by atoms with E-state index in [-0.39, 0.29) is 0 Å². The van der Waals surface area contributed by atoms with Crippen molar-refractivity contribution in [1.29, 1.82) is 0 Å². The number of quaternary nitrogens is 1. The van der Waals surface area contributed by atoms with Gasteiger partial charge < -0.3 is 10.3 Å². The first-order chi connectivity index (χ1) is 9.29. The highest BCUT2D eigenvalue weighted by Crippen LogP contribution is 2.19. The van der Waals surface area contributed by atoms with Gasteiger partial charge >= 0.3 is 0 Å². The Bertz CT molecular complexity index is 680. The Morgan fingerprint density at radius 1 is 1.16 bits per heavy atom. The Balaban J connectivity index is 2.20. The number of rotatable bonds is 3. The Labute approximate surface area is 112 Å². The topological polar surface area (TPSA) is 50.4 Å². The van der Waals surface area contributed by atoms with Gasteiger partial charge in [-0.05, 0) is 36.8 Å². The molecule has 0 fully saturated rings. The molecule has 0 saturated carbocycles. The van der Waals surface area contributed by atoms with E-state index in [1.807, 2.05) is 35.4 Å². The average Bonchev–Trinajstić information content (AvgIpc) is 3.07. The predicted octanol–water partition coefficient (Wildman–Crippen LogP) is 1.71. The van der Waals surface area contributed by atoms with E-state index in [0.717, 1.165) is 23.6 Å². The van der Waals surface area contributed by atoms with Gasteiger partial charge in [0.2, 0.25) is 0 Å². The van der Waals surface area contributed by atoms with E-state index in [9.17, 15) is 0 Å². The minimum Gasteiger partial charge on any atom is -0.354 e. The van der Waals surface area contributed by atoms with Crippen molar-refractivity contribution >= 4 is 0 Å². The summed E-state index contributed by atoms with van der Waals surface area (Å²) in [5.41, 5.74) is 7.42. The summed E-state index contributed by atoms with van der Waals surface area (Å²) in [7, 11) is 0. The van der Waals surface area contributed by atoms with Gasteiger partial charge in [-0.2, -0.15) is 5.10 Å². The largest absolute Gasteiger partial charge is 0.354 e. The van der Waals surface area contributed by atoms with Crippen LogP contribution in [0, 0.1) is 6.92 Å². The molecule has 0 aliphatic carbocycles. The van der Waals surface area contributed by atoms with E-state index < -0.39 is 0 Å². The van der Waals surface area contributed by atoms with Crippen molar-refractivity contribution in [1.82, 2.24) is 14.3 Å². The van der Waals surface area contributed by atoms with Crippen LogP contribution in [0.5, 0.6) is 0 Å². The van der Waals surface area contributed by atoms with Gasteiger partial charge in [-0.15, -0.1) is 0 Å². The summed E-state index contributed by atoms with van der Waals surface area (Å²) < 4.78 is 4.04. The zero-order chi connectivity index (χ0) is 13.2. The van der Waals surface area contributed by atoms with Crippen LogP contribution in [0.25, 0.3) is 11.5 Å². The lowest BCUT2D eigenvalue weighted by Crippen LogP contribution is -2.47. The van der Waals surface area contributed by atoms with E-state index in [1.165, 1.54) is 5.56 Å². The summed E-state index contributed by atoms with van der Waals surface area (Å²) in [6, 6.07) is 12.4. The summed E-state index contributed by atoms with van der Waals surface area (Å²) in [5, 5.41) is 4.51. The fourth-order valence-corrected chi connectivity index (χ4v) is 2.25. The van der Waals surface area contributed by atoms with E-state index in [1.54, 1.807) is 0 Å². The molecule has 2 heterocycles. The Hall–Kier alpha value is -2.33. The number of nitrogens with zero attached hydrogens (tertiary/aromatic N) is 3. The quantitative estimate of drug-likeness (QED) is 0.759. The molecule has 19 heavy (non-hydrogen) atoms. The molecule has 3 rings (SSSR count). The lowest BCUT2D eigenvalue weighted by atomic mass is 10.2. The summed E-state index contributed by atoms with van der Waals surface area (Å²) in [4.78, 5) is 0. The maximum atomic E-state index is 4.51. The third-order valence-corrected chi connectivity index (χ3v) is 3.18. The van der Waals surface area contributed by atoms with Crippen LogP contribution in [0.15, 0.2) is 55.0 Å². The number of hydrogen-bond acceptors (Lipinski definition) is 1. The summed E-state index contributed by atoms with van der Waals surface area (Å²) in [5.74, 6) is 1.06. The molecule has 0 bridgehead atoms. The smallest absolute Gasteiger partial charge is 0.149 e. The number of benzene rings is 1. The van der Waals surface area contributed by atoms with E-state index >= 15 is 0 Å². The van der Waals surface area contributed by atoms with Gasteiger partial charge in [0, 0.05) is 12.4 Å². The Morgan fingerprint density at radius 2 is 1.95 bits per heavy atom. The average molecular weight is 253 g/mol. The highest BCUT2D eigenvalue weighted by Gasteiger charge is 2.13. The van der Waals surface area contributed by atoms with Gasteiger partial charge in [-0.3, -0.25) is 0 Å². The van der Waals surface area contributed by atoms with Gasteiger partial charge in [-0.1, -0.05) is 12.1 Å². The van der Waals surface area contributed by atoms with Crippen molar-refractivity contribution in [3.05, 3.63) is 66.1 Å². The molecule has 0 unspecified atom stereocenters. The maximum absolute atomic E-state index is 4.51. The predicted molar refractivity (Wildman–Crippen MR) is 74.2 cm³/mol. The molecule has 0 atom stereocenters. The first kappa shape index (κ1) is 11.7. The second-order valence-electron chi connectivity index (χ2n) is 4.58. The zero-order valence-corrected chi connectivity index (χ0v) is 11.0. The first-order valence-corrected chi connectivity index (χ1v) is 6.36. The second kappa shape index (κ2) is 4.74. The van der Waals surface area contributed by atoms with Crippen molar-refractivity contribution in [2.45, 2.75) is 13.5 Å². The van der Waals surface area contributed by atoms with Crippen LogP contribution in [-0.2, 0) is 6.54 Å². The summed E-state index contributed by atoms with van der Waals surface area (Å²) in [6.07, 6.45) is 5.95. The molecule has 0 radical (unpaired) electrons. The SMILES string of the molecule is Cc1cccc(-n2ncc(C[NH3+])c2-n2cccc2)c1. The van der Waals surface area contributed by atoms with Gasteiger partial charge in [0.05, 0.1) is 17.4 Å². The Morgan fingerprint density at radius 3 is 2.63 bits per heavy atom. The number of aromatic nitrogens is 3. The van der Waals surface area contributed by atoms with Gasteiger partial charge in [0.15, 0.2) is 0 Å². The van der Waals surface area contributed by atoms with Crippen molar-refractivity contribution < 1.29 is 5.73 Å². The lowest BCUT2D eigenvalue weighted by Gasteiger charge is -2.10. The lowest BCUT2D eigenvalue weighted by molar-refractivity contribution is -0.386. The minimum atomic E-state index is 0.722. The monoisotopic (exact) mass is 253 g/mol. The molecule has 3 aromatic rings. The van der Waals surface area contributed by atoms with Crippen LogP contribution in [0.3, 0.4) is 0 Å². The molecule has 0 aliphatic heterocycles. The fraction of sp³-hybridized carbons (Fsp3) is 0.133. The third kappa shape index (κ3) is 2.06. The van der Waals surface area contributed by atoms with Crippen molar-refractivity contribution in [2.75, 3.05) is 0 Å². The molecule has 1 aromatic carbocycles. The van der Waals surface area contributed by atoms with E-state index in [0.29, 0.717) is 0 Å². The van der Waals surface area contributed by atoms with Crippen molar-refractivity contribution in [3.63, 3.8) is 0 Å². The molecule has 0 spiro atoms. The molecule has 0 amide bonds. The number of aryl methyl sites for hydroxylation is 1. The fourth-order valence-electron chi connectivity index (χ4n) is 2.25. The third-order valence-electron chi connectivity index (χ3n) is 3.18. The molecule has 96 valence electrons. The molecular weight excluding hydrogens is 236 g/mol. The van der Waals surface area contributed by atoms with Crippen LogP contribution in [0.1, 0.15) is 11.1 Å². The molecule has 3 N–H and O–H groups in total. The van der Waals surface area contributed by atoms with Crippen LogP contribution in [0.4, 0.5) is 0 Å².